The minimum absolute atomic E-state index is 0.00437. The second kappa shape index (κ2) is 14.5. The van der Waals surface area contributed by atoms with E-state index in [0.29, 0.717) is 5.56 Å². The minimum Gasteiger partial charge on any atom is -0.508 e. The number of carbonyl (C=O) groups excluding carboxylic acids is 5. The minimum atomic E-state index is -1.28. The number of fused-ring (bicyclic) bond motifs is 1. The maximum Gasteiger partial charge on any atom is 0.408 e. The average Bonchev–Trinajstić information content (AvgIpc) is 2.92. The summed E-state index contributed by atoms with van der Waals surface area (Å²) in [6.45, 7) is 7.60. The Bertz CT molecular complexity index is 1650. The van der Waals surface area contributed by atoms with Gasteiger partial charge in [-0.3, -0.25) is 9.59 Å². The predicted molar refractivity (Wildman–Crippen MR) is 162 cm³/mol. The Morgan fingerprint density at radius 2 is 1.49 bits per heavy atom. The summed E-state index contributed by atoms with van der Waals surface area (Å²) >= 11 is 0. The fraction of sp³-hybridized carbons (Fsp3) is 0.375. The van der Waals surface area contributed by atoms with E-state index in [1.807, 2.05) is 0 Å². The quantitative estimate of drug-likeness (QED) is 0.168. The number of alkyl carbamates (subject to hydrolysis) is 1. The van der Waals surface area contributed by atoms with E-state index in [4.69, 9.17) is 13.9 Å². The molecule has 240 valence electrons. The first-order valence-electron chi connectivity index (χ1n) is 14.1. The molecule has 0 saturated heterocycles. The number of carbonyl (C=O) groups is 5. The lowest BCUT2D eigenvalue weighted by Crippen LogP contribution is -2.53. The van der Waals surface area contributed by atoms with Crippen LogP contribution < -0.4 is 20.8 Å². The first-order chi connectivity index (χ1) is 21.0. The van der Waals surface area contributed by atoms with E-state index in [1.165, 1.54) is 50.4 Å². The summed E-state index contributed by atoms with van der Waals surface area (Å²) in [7, 11) is 0. The number of aromatic hydroxyl groups is 2. The van der Waals surface area contributed by atoms with Crippen LogP contribution in [0.5, 0.6) is 17.2 Å². The number of esters is 1. The zero-order valence-corrected chi connectivity index (χ0v) is 25.6. The molecule has 1 heterocycles. The Balaban J connectivity index is 1.79. The van der Waals surface area contributed by atoms with E-state index in [0.717, 1.165) is 6.07 Å². The summed E-state index contributed by atoms with van der Waals surface area (Å²) in [6.07, 6.45) is 0.0486. The predicted octanol–water partition coefficient (Wildman–Crippen LogP) is 3.89. The summed E-state index contributed by atoms with van der Waals surface area (Å²) in [5, 5.41) is 24.6. The van der Waals surface area contributed by atoms with Gasteiger partial charge < -0.3 is 44.3 Å². The Hall–Kier alpha value is -5.20. The Morgan fingerprint density at radius 1 is 0.889 bits per heavy atom. The number of phenols is 2. The molecular weight excluding hydrogens is 588 g/mol. The van der Waals surface area contributed by atoms with Crippen LogP contribution >= 0.6 is 0 Å². The summed E-state index contributed by atoms with van der Waals surface area (Å²) in [4.78, 5) is 75.0. The SMILES string of the molecule is CC(=O)CC[C@@H](NC(=O)OC(C)(C)C)C(=O)N[C@H](CCC(C)=O)C(=O)Oc1ccc(-c2coc3cc(O)cc(O)c3c2=O)cc1. The number of Topliss-reactive ketones (excluding diaryl/α,β-unsaturated/α-hetero) is 2. The maximum absolute atomic E-state index is 13.2. The molecule has 2 aromatic carbocycles. The highest BCUT2D eigenvalue weighted by atomic mass is 16.6. The van der Waals surface area contributed by atoms with Crippen molar-refractivity contribution in [2.24, 2.45) is 0 Å². The van der Waals surface area contributed by atoms with Crippen molar-refractivity contribution in [3.63, 3.8) is 0 Å². The molecule has 13 heteroatoms. The summed E-state index contributed by atoms with van der Waals surface area (Å²) in [5.74, 6) is -2.78. The maximum atomic E-state index is 13.2. The Kier molecular flexibility index (Phi) is 11.1. The molecule has 2 amide bonds. The van der Waals surface area contributed by atoms with Crippen molar-refractivity contribution in [3.05, 3.63) is 52.9 Å². The lowest BCUT2D eigenvalue weighted by molar-refractivity contribution is -0.140. The van der Waals surface area contributed by atoms with Crippen LogP contribution in [0.4, 0.5) is 4.79 Å². The number of hydrogen-bond acceptors (Lipinski definition) is 11. The van der Waals surface area contributed by atoms with Crippen molar-refractivity contribution in [1.82, 2.24) is 10.6 Å². The van der Waals surface area contributed by atoms with E-state index >= 15 is 0 Å². The molecule has 0 aliphatic carbocycles. The number of ketones is 2. The molecule has 0 fully saturated rings. The molecule has 0 radical (unpaired) electrons. The van der Waals surface area contributed by atoms with Crippen molar-refractivity contribution in [1.29, 1.82) is 0 Å². The fourth-order valence-electron chi connectivity index (χ4n) is 4.24. The van der Waals surface area contributed by atoms with Crippen LogP contribution in [0.2, 0.25) is 0 Å². The van der Waals surface area contributed by atoms with Gasteiger partial charge in [-0.2, -0.15) is 0 Å². The number of ether oxygens (including phenoxy) is 2. The topological polar surface area (TPSA) is 199 Å². The van der Waals surface area contributed by atoms with Crippen molar-refractivity contribution >= 4 is 40.5 Å². The van der Waals surface area contributed by atoms with Gasteiger partial charge in [0, 0.05) is 25.0 Å². The number of phenolic OH excluding ortho intramolecular Hbond substituents is 2. The molecule has 0 saturated carbocycles. The van der Waals surface area contributed by atoms with Crippen LogP contribution in [-0.4, -0.2) is 57.4 Å². The van der Waals surface area contributed by atoms with Crippen LogP contribution in [0.15, 0.2) is 51.9 Å². The zero-order chi connectivity index (χ0) is 33.5. The monoisotopic (exact) mass is 624 g/mol. The number of rotatable bonds is 12. The van der Waals surface area contributed by atoms with Gasteiger partial charge in [-0.15, -0.1) is 0 Å². The average molecular weight is 625 g/mol. The third-order valence-electron chi connectivity index (χ3n) is 6.40. The highest BCUT2D eigenvalue weighted by molar-refractivity contribution is 5.91. The van der Waals surface area contributed by atoms with Gasteiger partial charge in [-0.25, -0.2) is 9.59 Å². The fourth-order valence-corrected chi connectivity index (χ4v) is 4.24. The lowest BCUT2D eigenvalue weighted by Gasteiger charge is -2.25. The first-order valence-corrected chi connectivity index (χ1v) is 14.1. The van der Waals surface area contributed by atoms with Gasteiger partial charge in [0.05, 0.1) is 5.56 Å². The molecule has 4 N–H and O–H groups in total. The molecule has 0 aliphatic rings. The molecule has 45 heavy (non-hydrogen) atoms. The third-order valence-corrected chi connectivity index (χ3v) is 6.40. The van der Waals surface area contributed by atoms with Crippen LogP contribution in [-0.2, 0) is 23.9 Å². The molecule has 0 bridgehead atoms. The molecular formula is C32H36N2O11. The van der Waals surface area contributed by atoms with E-state index in [-0.39, 0.29) is 65.3 Å². The van der Waals surface area contributed by atoms with E-state index in [1.54, 1.807) is 20.8 Å². The van der Waals surface area contributed by atoms with Crippen molar-refractivity contribution in [2.45, 2.75) is 78.0 Å². The van der Waals surface area contributed by atoms with Crippen molar-refractivity contribution in [3.8, 4) is 28.4 Å². The Labute approximate surface area is 258 Å². The third kappa shape index (κ3) is 9.91. The van der Waals surface area contributed by atoms with Crippen molar-refractivity contribution in [2.75, 3.05) is 0 Å². The first kappa shape index (κ1) is 34.3. The van der Waals surface area contributed by atoms with Gasteiger partial charge in [0.25, 0.3) is 0 Å². The van der Waals surface area contributed by atoms with E-state index in [2.05, 4.69) is 10.6 Å². The zero-order valence-electron chi connectivity index (χ0n) is 25.6. The van der Waals surface area contributed by atoms with Crippen LogP contribution in [0, 0.1) is 0 Å². The standard InChI is InChI=1S/C32H36N2O11/c1-17(35)6-12-23(34-31(42)45-32(3,4)5)29(40)33-24(13-7-18(2)36)30(41)44-21-10-8-19(9-11-21)22-16-43-26-15-20(37)14-25(38)27(26)28(22)39/h8-11,14-16,23-24,37-38H,6-7,12-13H2,1-5H3,(H,33,40)(H,34,42)/t23-,24-/m1/s1. The largest absolute Gasteiger partial charge is 0.508 e. The molecule has 3 aromatic rings. The molecule has 1 aromatic heterocycles. The molecule has 0 unspecified atom stereocenters. The highest BCUT2D eigenvalue weighted by Gasteiger charge is 2.30. The van der Waals surface area contributed by atoms with Gasteiger partial charge in [0.15, 0.2) is 0 Å². The second-order valence-electron chi connectivity index (χ2n) is 11.5. The Morgan fingerprint density at radius 3 is 2.07 bits per heavy atom. The number of nitrogens with one attached hydrogen (secondary N) is 2. The second-order valence-corrected chi connectivity index (χ2v) is 11.5. The highest BCUT2D eigenvalue weighted by Crippen LogP contribution is 2.30. The normalized spacial score (nSPS) is 12.6. The number of amides is 2. The number of benzene rings is 2. The summed E-state index contributed by atoms with van der Waals surface area (Å²) in [6, 6.07) is 5.47. The van der Waals surface area contributed by atoms with Gasteiger partial charge >= 0.3 is 12.1 Å². The van der Waals surface area contributed by atoms with Crippen molar-refractivity contribution < 1.29 is 48.1 Å². The summed E-state index contributed by atoms with van der Waals surface area (Å²) < 4.78 is 16.1. The van der Waals surface area contributed by atoms with Gasteiger partial charge in [-0.05, 0) is 65.2 Å². The van der Waals surface area contributed by atoms with E-state index in [9.17, 15) is 39.0 Å². The molecule has 0 aliphatic heterocycles. The lowest BCUT2D eigenvalue weighted by atomic mass is 10.0. The number of hydrogen-bond donors (Lipinski definition) is 4. The van der Waals surface area contributed by atoms with E-state index < -0.39 is 46.8 Å². The van der Waals surface area contributed by atoms with Gasteiger partial charge in [0.1, 0.15) is 63.7 Å². The van der Waals surface area contributed by atoms with Crippen LogP contribution in [0.25, 0.3) is 22.1 Å². The molecule has 13 nitrogen and oxygen atoms in total. The summed E-state index contributed by atoms with van der Waals surface area (Å²) in [5.41, 5.74) is -0.929. The molecule has 3 rings (SSSR count). The van der Waals surface area contributed by atoms with Crippen LogP contribution in [0.3, 0.4) is 0 Å². The van der Waals surface area contributed by atoms with Gasteiger partial charge in [0.2, 0.25) is 11.3 Å². The molecule has 2 atom stereocenters. The van der Waals surface area contributed by atoms with Gasteiger partial charge in [-0.1, -0.05) is 12.1 Å². The molecule has 0 spiro atoms. The smallest absolute Gasteiger partial charge is 0.408 e. The van der Waals surface area contributed by atoms with Crippen LogP contribution in [0.1, 0.15) is 60.3 Å².